The van der Waals surface area contributed by atoms with Crippen molar-refractivity contribution < 1.29 is 14.7 Å². The molecule has 1 saturated heterocycles. The number of hydrogen-bond acceptors (Lipinski definition) is 5. The molecule has 1 aromatic carbocycles. The minimum atomic E-state index is -0.591. The Morgan fingerprint density at radius 3 is 2.37 bits per heavy atom. The van der Waals surface area contributed by atoms with Crippen molar-refractivity contribution in [2.45, 2.75) is 26.4 Å². The highest BCUT2D eigenvalue weighted by Gasteiger charge is 2.23. The summed E-state index contributed by atoms with van der Waals surface area (Å²) < 4.78 is 0. The molecular weight excluding hydrogens is 391 g/mol. The van der Waals surface area contributed by atoms with Crippen LogP contribution in [0.1, 0.15) is 19.4 Å². The smallest absolute Gasteiger partial charge is 0.242 e. The lowest BCUT2D eigenvalue weighted by molar-refractivity contribution is -0.134. The quantitative estimate of drug-likeness (QED) is 0.636. The van der Waals surface area contributed by atoms with E-state index in [1.807, 2.05) is 26.0 Å². The molecule has 4 N–H and O–H groups in total. The molecule has 154 valence electrons. The number of carbonyl (C=O) groups is 2. The molecule has 1 aliphatic heterocycles. The number of amides is 2. The number of nitrogens with zero attached hydrogens (tertiary/aromatic N) is 2. The van der Waals surface area contributed by atoms with E-state index < -0.39 is 6.04 Å². The van der Waals surface area contributed by atoms with Gasteiger partial charge < -0.3 is 21.1 Å². The molecule has 0 unspecified atom stereocenters. The molecule has 27 heavy (non-hydrogen) atoms. The second-order valence-electron chi connectivity index (χ2n) is 6.81. The van der Waals surface area contributed by atoms with Gasteiger partial charge in [-0.3, -0.25) is 14.5 Å². The molecule has 0 aliphatic carbocycles. The second-order valence-corrected chi connectivity index (χ2v) is 6.81. The van der Waals surface area contributed by atoms with E-state index in [2.05, 4.69) is 10.2 Å². The van der Waals surface area contributed by atoms with Crippen molar-refractivity contribution in [3.8, 4) is 5.75 Å². The summed E-state index contributed by atoms with van der Waals surface area (Å²) in [6, 6.07) is 6.62. The summed E-state index contributed by atoms with van der Waals surface area (Å²) in [5.74, 6) is -0.0649. The van der Waals surface area contributed by atoms with Gasteiger partial charge in [-0.1, -0.05) is 26.0 Å². The number of aromatic hydroxyl groups is 1. The highest BCUT2D eigenvalue weighted by molar-refractivity contribution is 5.87. The zero-order valence-corrected chi connectivity index (χ0v) is 17.4. The molecule has 9 heteroatoms. The molecule has 1 aliphatic rings. The average Bonchev–Trinajstić information content (AvgIpc) is 2.59. The van der Waals surface area contributed by atoms with Crippen LogP contribution in [-0.2, 0) is 16.1 Å². The lowest BCUT2D eigenvalue weighted by Gasteiger charge is -2.35. The molecule has 2 amide bonds. The van der Waals surface area contributed by atoms with Crippen LogP contribution >= 0.6 is 24.8 Å². The summed E-state index contributed by atoms with van der Waals surface area (Å²) in [6.07, 6.45) is 0. The first-order valence-corrected chi connectivity index (χ1v) is 8.68. The number of phenols is 1. The SMILES string of the molecule is CC(C)[C@H](N)C(=O)NCC(=O)N1CCN(Cc2cccc(O)c2)CC1.Cl.Cl. The fourth-order valence-electron chi connectivity index (χ4n) is 2.76. The Kier molecular flexibility index (Phi) is 11.3. The summed E-state index contributed by atoms with van der Waals surface area (Å²) in [5, 5.41) is 12.1. The molecule has 1 fully saturated rings. The van der Waals surface area contributed by atoms with Crippen molar-refractivity contribution in [3.63, 3.8) is 0 Å². The molecule has 0 bridgehead atoms. The largest absolute Gasteiger partial charge is 0.508 e. The van der Waals surface area contributed by atoms with E-state index in [1.165, 1.54) is 0 Å². The predicted molar refractivity (Wildman–Crippen MR) is 110 cm³/mol. The minimum Gasteiger partial charge on any atom is -0.508 e. The van der Waals surface area contributed by atoms with Crippen LogP contribution in [0.3, 0.4) is 0 Å². The van der Waals surface area contributed by atoms with Gasteiger partial charge in [-0.05, 0) is 23.6 Å². The molecular formula is C18H30Cl2N4O3. The average molecular weight is 421 g/mol. The zero-order valence-electron chi connectivity index (χ0n) is 15.8. The number of nitrogens with two attached hydrogens (primary N) is 1. The topological polar surface area (TPSA) is 98.9 Å². The van der Waals surface area contributed by atoms with Crippen LogP contribution < -0.4 is 11.1 Å². The first-order chi connectivity index (χ1) is 11.9. The van der Waals surface area contributed by atoms with Gasteiger partial charge in [-0.15, -0.1) is 24.8 Å². The lowest BCUT2D eigenvalue weighted by Crippen LogP contribution is -2.52. The summed E-state index contributed by atoms with van der Waals surface area (Å²) in [7, 11) is 0. The Hall–Kier alpha value is -1.54. The summed E-state index contributed by atoms with van der Waals surface area (Å²) in [4.78, 5) is 28.0. The van der Waals surface area contributed by atoms with E-state index in [1.54, 1.807) is 17.0 Å². The van der Waals surface area contributed by atoms with E-state index in [-0.39, 0.29) is 54.8 Å². The predicted octanol–water partition coefficient (Wildman–Crippen LogP) is 0.979. The molecule has 0 saturated carbocycles. The van der Waals surface area contributed by atoms with Crippen LogP contribution in [0.2, 0.25) is 0 Å². The van der Waals surface area contributed by atoms with Crippen LogP contribution in [0.25, 0.3) is 0 Å². The van der Waals surface area contributed by atoms with Gasteiger partial charge in [-0.2, -0.15) is 0 Å². The van der Waals surface area contributed by atoms with Crippen LogP contribution in [0.4, 0.5) is 0 Å². The van der Waals surface area contributed by atoms with Gasteiger partial charge in [0.05, 0.1) is 12.6 Å². The van der Waals surface area contributed by atoms with Crippen molar-refractivity contribution in [1.82, 2.24) is 15.1 Å². The Morgan fingerprint density at radius 1 is 1.19 bits per heavy atom. The van der Waals surface area contributed by atoms with Crippen LogP contribution in [0, 0.1) is 5.92 Å². The minimum absolute atomic E-state index is 0. The maximum absolute atomic E-state index is 12.2. The number of carbonyl (C=O) groups excluding carboxylic acids is 2. The number of hydrogen-bond donors (Lipinski definition) is 3. The summed E-state index contributed by atoms with van der Waals surface area (Å²) in [5.41, 5.74) is 6.82. The maximum atomic E-state index is 12.2. The van der Waals surface area contributed by atoms with E-state index >= 15 is 0 Å². The Labute approximate surface area is 173 Å². The molecule has 7 nitrogen and oxygen atoms in total. The van der Waals surface area contributed by atoms with Crippen LogP contribution in [0.5, 0.6) is 5.75 Å². The van der Waals surface area contributed by atoms with Crippen LogP contribution in [-0.4, -0.2) is 65.5 Å². The number of rotatable bonds is 6. The first-order valence-electron chi connectivity index (χ1n) is 8.68. The Bertz CT molecular complexity index is 608. The van der Waals surface area contributed by atoms with Gasteiger partial charge in [0.2, 0.25) is 11.8 Å². The monoisotopic (exact) mass is 420 g/mol. The third kappa shape index (κ3) is 7.92. The van der Waals surface area contributed by atoms with E-state index in [0.29, 0.717) is 13.1 Å². The van der Waals surface area contributed by atoms with Crippen LogP contribution in [0.15, 0.2) is 24.3 Å². The molecule has 1 heterocycles. The normalized spacial score (nSPS) is 15.5. The fourth-order valence-corrected chi connectivity index (χ4v) is 2.76. The molecule has 0 radical (unpaired) electrons. The lowest BCUT2D eigenvalue weighted by atomic mass is 10.1. The summed E-state index contributed by atoms with van der Waals surface area (Å²) in [6.45, 7) is 7.27. The van der Waals surface area contributed by atoms with E-state index in [9.17, 15) is 14.7 Å². The van der Waals surface area contributed by atoms with E-state index in [4.69, 9.17) is 5.73 Å². The number of phenolic OH excluding ortho intramolecular Hbond substituents is 1. The standard InChI is InChI=1S/C18H28N4O3.2ClH/c1-13(2)17(19)18(25)20-11-16(24)22-8-6-21(7-9-22)12-14-4-3-5-15(23)10-14;;/h3-5,10,13,17,23H,6-9,11-12,19H2,1-2H3,(H,20,25);2*1H/t17-;;/m0../s1. The van der Waals surface area contributed by atoms with Gasteiger partial charge in [0.15, 0.2) is 0 Å². The van der Waals surface area contributed by atoms with E-state index in [0.717, 1.165) is 25.2 Å². The number of nitrogens with one attached hydrogen (secondary N) is 1. The molecule has 0 spiro atoms. The number of piperazine rings is 1. The Morgan fingerprint density at radius 2 is 1.81 bits per heavy atom. The van der Waals surface area contributed by atoms with Gasteiger partial charge in [0.1, 0.15) is 5.75 Å². The highest BCUT2D eigenvalue weighted by Crippen LogP contribution is 2.14. The third-order valence-corrected chi connectivity index (χ3v) is 4.48. The van der Waals surface area contributed by atoms with Crippen molar-refractivity contribution in [2.75, 3.05) is 32.7 Å². The van der Waals surface area contributed by atoms with Gasteiger partial charge >= 0.3 is 0 Å². The van der Waals surface area contributed by atoms with Gasteiger partial charge in [0, 0.05) is 32.7 Å². The van der Waals surface area contributed by atoms with Crippen molar-refractivity contribution >= 4 is 36.6 Å². The summed E-state index contributed by atoms with van der Waals surface area (Å²) >= 11 is 0. The zero-order chi connectivity index (χ0) is 18.4. The highest BCUT2D eigenvalue weighted by atomic mass is 35.5. The van der Waals surface area contributed by atoms with Gasteiger partial charge in [0.25, 0.3) is 0 Å². The molecule has 0 aromatic heterocycles. The second kappa shape index (κ2) is 12.0. The van der Waals surface area contributed by atoms with Crippen molar-refractivity contribution in [1.29, 1.82) is 0 Å². The first kappa shape index (κ1) is 25.5. The van der Waals surface area contributed by atoms with Crippen molar-refractivity contribution in [3.05, 3.63) is 29.8 Å². The molecule has 1 atom stereocenters. The van der Waals surface area contributed by atoms with Gasteiger partial charge in [-0.25, -0.2) is 0 Å². The van der Waals surface area contributed by atoms with Crippen molar-refractivity contribution in [2.24, 2.45) is 11.7 Å². The Balaban J connectivity index is 0.00000338. The molecule has 1 aromatic rings. The number of halogens is 2. The third-order valence-electron chi connectivity index (χ3n) is 4.48. The molecule has 2 rings (SSSR count). The fraction of sp³-hybridized carbons (Fsp3) is 0.556. The maximum Gasteiger partial charge on any atom is 0.242 e. The number of benzene rings is 1.